The highest BCUT2D eigenvalue weighted by Gasteiger charge is 2.35. The molecule has 226 valence electrons. The molecule has 0 bridgehead atoms. The normalized spacial score (nSPS) is 11.9. The maximum Gasteiger partial charge on any atom is 0.264 e. The van der Waals surface area contributed by atoms with Crippen LogP contribution in [0.4, 0.5) is 5.69 Å². The van der Waals surface area contributed by atoms with Crippen molar-refractivity contribution in [3.8, 4) is 11.5 Å². The molecule has 0 aliphatic rings. The first-order valence-corrected chi connectivity index (χ1v) is 15.5. The highest BCUT2D eigenvalue weighted by Crippen LogP contribution is 2.36. The minimum atomic E-state index is -4.31. The zero-order valence-corrected chi connectivity index (χ0v) is 26.5. The second-order valence-corrected chi connectivity index (χ2v) is 12.1. The standard InChI is InChI=1S/C30H35Cl2N3O6S/c1-6-26(30(37)33-7-2)34(18-23-24(31)9-8-10-25(23)32)29(36)19-35(27-17-21(40-4)13-16-28(27)41-5)42(38,39)22-14-11-20(3)12-15-22/h8-17,26H,6-7,18-19H2,1-5H3,(H,33,37). The molecule has 0 aliphatic heterocycles. The summed E-state index contributed by atoms with van der Waals surface area (Å²) in [5.41, 5.74) is 1.39. The number of sulfonamides is 1. The molecular weight excluding hydrogens is 601 g/mol. The molecule has 1 N–H and O–H groups in total. The zero-order valence-electron chi connectivity index (χ0n) is 24.2. The van der Waals surface area contributed by atoms with E-state index in [1.54, 1.807) is 56.3 Å². The minimum Gasteiger partial charge on any atom is -0.497 e. The van der Waals surface area contributed by atoms with Gasteiger partial charge in [0.2, 0.25) is 11.8 Å². The van der Waals surface area contributed by atoms with Crippen molar-refractivity contribution in [1.82, 2.24) is 10.2 Å². The van der Waals surface area contributed by atoms with Gasteiger partial charge in [0.1, 0.15) is 24.1 Å². The van der Waals surface area contributed by atoms with E-state index in [2.05, 4.69) is 5.32 Å². The van der Waals surface area contributed by atoms with E-state index in [0.29, 0.717) is 27.9 Å². The first kappa shape index (κ1) is 33.0. The molecule has 0 aromatic heterocycles. The molecule has 1 atom stereocenters. The molecule has 1 unspecified atom stereocenters. The third kappa shape index (κ3) is 7.48. The molecule has 0 radical (unpaired) electrons. The average Bonchev–Trinajstić information content (AvgIpc) is 2.97. The maximum absolute atomic E-state index is 14.2. The van der Waals surface area contributed by atoms with E-state index in [1.807, 2.05) is 6.92 Å². The number of carbonyl (C=O) groups excluding carboxylic acids is 2. The van der Waals surface area contributed by atoms with Crippen molar-refractivity contribution in [3.63, 3.8) is 0 Å². The van der Waals surface area contributed by atoms with Crippen molar-refractivity contribution >= 4 is 50.7 Å². The smallest absolute Gasteiger partial charge is 0.264 e. The molecule has 42 heavy (non-hydrogen) atoms. The minimum absolute atomic E-state index is 0.0257. The number of ether oxygens (including phenoxy) is 2. The van der Waals surface area contributed by atoms with E-state index in [4.69, 9.17) is 32.7 Å². The lowest BCUT2D eigenvalue weighted by Crippen LogP contribution is -2.52. The predicted molar refractivity (Wildman–Crippen MR) is 165 cm³/mol. The van der Waals surface area contributed by atoms with Gasteiger partial charge in [-0.15, -0.1) is 0 Å². The van der Waals surface area contributed by atoms with Gasteiger partial charge in [-0.2, -0.15) is 0 Å². The van der Waals surface area contributed by atoms with Crippen LogP contribution in [0.15, 0.2) is 65.6 Å². The monoisotopic (exact) mass is 635 g/mol. The third-order valence-electron chi connectivity index (χ3n) is 6.67. The number of carbonyl (C=O) groups is 2. The molecule has 0 fully saturated rings. The van der Waals surface area contributed by atoms with Crippen molar-refractivity contribution in [1.29, 1.82) is 0 Å². The second kappa shape index (κ2) is 14.6. The number of nitrogens with one attached hydrogen (secondary N) is 1. The van der Waals surface area contributed by atoms with Crippen molar-refractivity contribution in [2.24, 2.45) is 0 Å². The SMILES string of the molecule is CCNC(=O)C(CC)N(Cc1c(Cl)cccc1Cl)C(=O)CN(c1cc(OC)ccc1OC)S(=O)(=O)c1ccc(C)cc1. The summed E-state index contributed by atoms with van der Waals surface area (Å²) in [6.07, 6.45) is 0.257. The van der Waals surface area contributed by atoms with Gasteiger partial charge in [-0.25, -0.2) is 8.42 Å². The van der Waals surface area contributed by atoms with Gasteiger partial charge < -0.3 is 19.7 Å². The number of methoxy groups -OCH3 is 2. The van der Waals surface area contributed by atoms with E-state index in [0.717, 1.165) is 9.87 Å². The van der Waals surface area contributed by atoms with Gasteiger partial charge in [-0.1, -0.05) is 53.9 Å². The molecule has 9 nitrogen and oxygen atoms in total. The number of rotatable bonds is 13. The molecule has 3 rings (SSSR count). The average molecular weight is 637 g/mol. The Kier molecular flexibility index (Phi) is 11.5. The van der Waals surface area contributed by atoms with Crippen LogP contribution in [0.1, 0.15) is 31.4 Å². The number of halogens is 2. The highest BCUT2D eigenvalue weighted by molar-refractivity contribution is 7.92. The van der Waals surface area contributed by atoms with E-state index in [9.17, 15) is 18.0 Å². The summed E-state index contributed by atoms with van der Waals surface area (Å²) in [5.74, 6) is -0.473. The van der Waals surface area contributed by atoms with Crippen LogP contribution in [0.5, 0.6) is 11.5 Å². The predicted octanol–water partition coefficient (Wildman–Crippen LogP) is 5.46. The van der Waals surface area contributed by atoms with Crippen LogP contribution < -0.4 is 19.1 Å². The molecular formula is C30H35Cl2N3O6S. The number of hydrogen-bond donors (Lipinski definition) is 1. The number of anilines is 1. The maximum atomic E-state index is 14.2. The summed E-state index contributed by atoms with van der Waals surface area (Å²) >= 11 is 12.9. The Hall–Kier alpha value is -3.47. The lowest BCUT2D eigenvalue weighted by molar-refractivity contribution is -0.140. The van der Waals surface area contributed by atoms with Gasteiger partial charge in [0.05, 0.1) is 24.8 Å². The quantitative estimate of drug-likeness (QED) is 0.267. The van der Waals surface area contributed by atoms with Crippen LogP contribution in [0, 0.1) is 6.92 Å². The van der Waals surface area contributed by atoms with Crippen LogP contribution in [0.2, 0.25) is 10.0 Å². The Bertz CT molecular complexity index is 1500. The number of benzene rings is 3. The van der Waals surface area contributed by atoms with E-state index >= 15 is 0 Å². The first-order chi connectivity index (χ1) is 20.0. The number of nitrogens with zero attached hydrogens (tertiary/aromatic N) is 2. The van der Waals surface area contributed by atoms with Crippen molar-refractivity contribution in [2.45, 2.75) is 44.7 Å². The Morgan fingerprint density at radius 1 is 0.952 bits per heavy atom. The second-order valence-electron chi connectivity index (χ2n) is 9.40. The van der Waals surface area contributed by atoms with Gasteiger partial charge in [0.25, 0.3) is 10.0 Å². The summed E-state index contributed by atoms with van der Waals surface area (Å²) in [4.78, 5) is 28.6. The van der Waals surface area contributed by atoms with Gasteiger partial charge >= 0.3 is 0 Å². The lowest BCUT2D eigenvalue weighted by Gasteiger charge is -2.33. The van der Waals surface area contributed by atoms with Crippen LogP contribution in [0.25, 0.3) is 0 Å². The fourth-order valence-electron chi connectivity index (χ4n) is 4.41. The van der Waals surface area contributed by atoms with E-state index in [1.165, 1.54) is 37.3 Å². The Morgan fingerprint density at radius 3 is 2.14 bits per heavy atom. The number of hydrogen-bond acceptors (Lipinski definition) is 6. The summed E-state index contributed by atoms with van der Waals surface area (Å²) in [7, 11) is -1.46. The lowest BCUT2D eigenvalue weighted by atomic mass is 10.1. The summed E-state index contributed by atoms with van der Waals surface area (Å²) in [6.45, 7) is 4.94. The molecule has 3 aromatic rings. The zero-order chi connectivity index (χ0) is 31.0. The molecule has 12 heteroatoms. The third-order valence-corrected chi connectivity index (χ3v) is 9.15. The van der Waals surface area contributed by atoms with E-state index in [-0.39, 0.29) is 35.2 Å². The highest BCUT2D eigenvalue weighted by atomic mass is 35.5. The van der Waals surface area contributed by atoms with Gasteiger partial charge in [0, 0.05) is 34.8 Å². The Labute approximate surface area is 257 Å². The molecule has 2 amide bonds. The van der Waals surface area contributed by atoms with Crippen LogP contribution in [-0.4, -0.2) is 58.5 Å². The van der Waals surface area contributed by atoms with Crippen LogP contribution >= 0.6 is 23.2 Å². The summed E-state index contributed by atoms with van der Waals surface area (Å²) in [6, 6.07) is 14.9. The van der Waals surface area contributed by atoms with Crippen molar-refractivity contribution in [2.75, 3.05) is 31.6 Å². The van der Waals surface area contributed by atoms with Crippen LogP contribution in [0.3, 0.4) is 0 Å². The fourth-order valence-corrected chi connectivity index (χ4v) is 6.34. The summed E-state index contributed by atoms with van der Waals surface area (Å²) in [5, 5.41) is 3.38. The Morgan fingerprint density at radius 2 is 1.60 bits per heavy atom. The largest absolute Gasteiger partial charge is 0.497 e. The number of aryl methyl sites for hydroxylation is 1. The molecule has 0 saturated carbocycles. The first-order valence-electron chi connectivity index (χ1n) is 13.3. The van der Waals surface area contributed by atoms with Gasteiger partial charge in [0.15, 0.2) is 0 Å². The van der Waals surface area contributed by atoms with Crippen molar-refractivity contribution in [3.05, 3.63) is 81.8 Å². The molecule has 0 aliphatic carbocycles. The molecule has 0 saturated heterocycles. The van der Waals surface area contributed by atoms with E-state index < -0.39 is 28.5 Å². The molecule has 3 aromatic carbocycles. The topological polar surface area (TPSA) is 105 Å². The Balaban J connectivity index is 2.19. The van der Waals surface area contributed by atoms with Crippen LogP contribution in [-0.2, 0) is 26.2 Å². The van der Waals surface area contributed by atoms with Crippen molar-refractivity contribution < 1.29 is 27.5 Å². The fraction of sp³-hybridized carbons (Fsp3) is 0.333. The molecule has 0 heterocycles. The summed E-state index contributed by atoms with van der Waals surface area (Å²) < 4.78 is 40.1. The van der Waals surface area contributed by atoms with Gasteiger partial charge in [-0.05, 0) is 56.7 Å². The van der Waals surface area contributed by atoms with Gasteiger partial charge in [-0.3, -0.25) is 13.9 Å². The number of likely N-dealkylation sites (N-methyl/N-ethyl adjacent to an activating group) is 1. The number of amides is 2. The molecule has 0 spiro atoms.